The molecule has 0 saturated heterocycles. The van der Waals surface area contributed by atoms with Gasteiger partial charge in [-0.25, -0.2) is 0 Å². The average Bonchev–Trinajstić information content (AvgIpc) is 2.48. The second kappa shape index (κ2) is 6.31. The van der Waals surface area contributed by atoms with Crippen LogP contribution in [0.2, 0.25) is 0 Å². The number of hydrogen-bond donors (Lipinski definition) is 1. The summed E-state index contributed by atoms with van der Waals surface area (Å²) in [6.45, 7) is 0. The topological polar surface area (TPSA) is 21.3 Å². The maximum Gasteiger partial charge on any atom is 0.119 e. The van der Waals surface area contributed by atoms with Gasteiger partial charge in [0.2, 0.25) is 0 Å². The molecule has 1 saturated carbocycles. The van der Waals surface area contributed by atoms with Gasteiger partial charge >= 0.3 is 0 Å². The van der Waals surface area contributed by atoms with Gasteiger partial charge in [0, 0.05) is 0 Å². The lowest BCUT2D eigenvalue weighted by Crippen LogP contribution is -2.21. The summed E-state index contributed by atoms with van der Waals surface area (Å²) in [4.78, 5) is 0. The predicted molar refractivity (Wildman–Crippen MR) is 86.9 cm³/mol. The Labute approximate surface area is 127 Å². The van der Waals surface area contributed by atoms with Crippen LogP contribution in [0.3, 0.4) is 0 Å². The normalized spacial score (nSPS) is 16.3. The number of benzene rings is 2. The number of ether oxygens (including phenoxy) is 1. The molecule has 0 spiro atoms. The van der Waals surface area contributed by atoms with E-state index < -0.39 is 0 Å². The predicted octanol–water partition coefficient (Wildman–Crippen LogP) is 4.27. The third-order valence-corrected chi connectivity index (χ3v) is 4.57. The molecule has 2 aromatic carbocycles. The molecular formula is C19H23NO. The Bertz CT molecular complexity index is 604. The summed E-state index contributed by atoms with van der Waals surface area (Å²) in [5.74, 6) is 1.65. The van der Waals surface area contributed by atoms with Crippen molar-refractivity contribution in [2.75, 3.05) is 14.2 Å². The molecular weight excluding hydrogens is 258 g/mol. The maximum absolute atomic E-state index is 5.37. The molecule has 21 heavy (non-hydrogen) atoms. The number of hydrogen-bond acceptors (Lipinski definition) is 2. The molecule has 1 unspecified atom stereocenters. The minimum Gasteiger partial charge on any atom is -0.497 e. The van der Waals surface area contributed by atoms with Gasteiger partial charge in [-0.2, -0.15) is 0 Å². The SMILES string of the molecule is CNC(c1cccc(OC)c1)c1ccccc1C1CCC1. The third kappa shape index (κ3) is 2.81. The summed E-state index contributed by atoms with van der Waals surface area (Å²) in [5.41, 5.74) is 4.16. The van der Waals surface area contributed by atoms with E-state index in [1.54, 1.807) is 7.11 Å². The zero-order valence-corrected chi connectivity index (χ0v) is 12.8. The molecule has 110 valence electrons. The van der Waals surface area contributed by atoms with E-state index in [-0.39, 0.29) is 6.04 Å². The molecule has 2 aromatic rings. The third-order valence-electron chi connectivity index (χ3n) is 4.57. The van der Waals surface area contributed by atoms with Crippen LogP contribution in [0.25, 0.3) is 0 Å². The van der Waals surface area contributed by atoms with Gasteiger partial charge < -0.3 is 10.1 Å². The molecule has 1 atom stereocenters. The molecule has 1 aliphatic rings. The van der Waals surface area contributed by atoms with E-state index in [1.807, 2.05) is 13.1 Å². The highest BCUT2D eigenvalue weighted by molar-refractivity contribution is 5.42. The standard InChI is InChI=1S/C19H23NO/c1-20-19(15-9-6-10-16(13-15)21-2)18-12-4-3-11-17(18)14-7-5-8-14/h3-4,6,9-14,19-20H,5,7-8H2,1-2H3. The van der Waals surface area contributed by atoms with E-state index in [1.165, 1.54) is 36.0 Å². The first-order valence-corrected chi connectivity index (χ1v) is 7.73. The van der Waals surface area contributed by atoms with Crippen LogP contribution in [0.5, 0.6) is 5.75 Å². The molecule has 1 fully saturated rings. The van der Waals surface area contributed by atoms with Crippen LogP contribution < -0.4 is 10.1 Å². The molecule has 0 aliphatic heterocycles. The summed E-state index contributed by atoms with van der Waals surface area (Å²) in [5, 5.41) is 3.47. The Morgan fingerprint density at radius 2 is 1.90 bits per heavy atom. The van der Waals surface area contributed by atoms with Crippen molar-refractivity contribution >= 4 is 0 Å². The average molecular weight is 281 g/mol. The van der Waals surface area contributed by atoms with Crippen LogP contribution >= 0.6 is 0 Å². The van der Waals surface area contributed by atoms with E-state index in [9.17, 15) is 0 Å². The lowest BCUT2D eigenvalue weighted by Gasteiger charge is -2.30. The highest BCUT2D eigenvalue weighted by Gasteiger charge is 2.25. The van der Waals surface area contributed by atoms with Gasteiger partial charge in [0.05, 0.1) is 13.2 Å². The van der Waals surface area contributed by atoms with Crippen LogP contribution in [0.1, 0.15) is 47.9 Å². The van der Waals surface area contributed by atoms with Gasteiger partial charge in [-0.1, -0.05) is 42.8 Å². The van der Waals surface area contributed by atoms with E-state index >= 15 is 0 Å². The Hall–Kier alpha value is -1.80. The summed E-state index contributed by atoms with van der Waals surface area (Å²) >= 11 is 0. The lowest BCUT2D eigenvalue weighted by atomic mass is 9.76. The first-order chi connectivity index (χ1) is 10.3. The number of nitrogens with one attached hydrogen (secondary N) is 1. The molecule has 1 N–H and O–H groups in total. The molecule has 0 radical (unpaired) electrons. The van der Waals surface area contributed by atoms with Crippen molar-refractivity contribution in [1.29, 1.82) is 0 Å². The Morgan fingerprint density at radius 3 is 2.57 bits per heavy atom. The maximum atomic E-state index is 5.37. The molecule has 0 aromatic heterocycles. The van der Waals surface area contributed by atoms with Crippen molar-refractivity contribution in [3.8, 4) is 5.75 Å². The minimum absolute atomic E-state index is 0.219. The van der Waals surface area contributed by atoms with E-state index in [0.717, 1.165) is 11.7 Å². The van der Waals surface area contributed by atoms with E-state index in [2.05, 4.69) is 47.8 Å². The van der Waals surface area contributed by atoms with E-state index in [4.69, 9.17) is 4.74 Å². The summed E-state index contributed by atoms with van der Waals surface area (Å²) in [6, 6.07) is 17.4. The lowest BCUT2D eigenvalue weighted by molar-refractivity contribution is 0.412. The van der Waals surface area contributed by atoms with Crippen molar-refractivity contribution in [3.05, 3.63) is 65.2 Å². The minimum atomic E-state index is 0.219. The second-order valence-corrected chi connectivity index (χ2v) is 5.76. The highest BCUT2D eigenvalue weighted by atomic mass is 16.5. The Balaban J connectivity index is 1.99. The van der Waals surface area contributed by atoms with Crippen molar-refractivity contribution in [2.45, 2.75) is 31.2 Å². The summed E-state index contributed by atoms with van der Waals surface area (Å²) in [6.07, 6.45) is 4.01. The number of methoxy groups -OCH3 is 1. The molecule has 0 amide bonds. The second-order valence-electron chi connectivity index (χ2n) is 5.76. The molecule has 1 aliphatic carbocycles. The van der Waals surface area contributed by atoms with Crippen LogP contribution in [0, 0.1) is 0 Å². The monoisotopic (exact) mass is 281 g/mol. The first kappa shape index (κ1) is 14.2. The largest absolute Gasteiger partial charge is 0.497 e. The quantitative estimate of drug-likeness (QED) is 0.883. The molecule has 3 rings (SSSR count). The van der Waals surface area contributed by atoms with E-state index in [0.29, 0.717) is 0 Å². The van der Waals surface area contributed by atoms with Crippen LogP contribution in [0.4, 0.5) is 0 Å². The molecule has 0 heterocycles. The van der Waals surface area contributed by atoms with Crippen LogP contribution in [-0.4, -0.2) is 14.2 Å². The van der Waals surface area contributed by atoms with Crippen LogP contribution in [0.15, 0.2) is 48.5 Å². The van der Waals surface area contributed by atoms with Crippen molar-refractivity contribution in [2.24, 2.45) is 0 Å². The summed E-state index contributed by atoms with van der Waals surface area (Å²) < 4.78 is 5.37. The molecule has 2 heteroatoms. The zero-order chi connectivity index (χ0) is 14.7. The first-order valence-electron chi connectivity index (χ1n) is 7.73. The Morgan fingerprint density at radius 1 is 1.10 bits per heavy atom. The zero-order valence-electron chi connectivity index (χ0n) is 12.8. The number of rotatable bonds is 5. The van der Waals surface area contributed by atoms with Crippen LogP contribution in [-0.2, 0) is 0 Å². The van der Waals surface area contributed by atoms with Crippen molar-refractivity contribution < 1.29 is 4.74 Å². The summed E-state index contributed by atoms with van der Waals surface area (Å²) in [7, 11) is 3.75. The fourth-order valence-corrected chi connectivity index (χ4v) is 3.19. The van der Waals surface area contributed by atoms with Gasteiger partial charge in [-0.05, 0) is 54.6 Å². The van der Waals surface area contributed by atoms with Gasteiger partial charge in [0.1, 0.15) is 5.75 Å². The highest BCUT2D eigenvalue weighted by Crippen LogP contribution is 2.40. The smallest absolute Gasteiger partial charge is 0.119 e. The fourth-order valence-electron chi connectivity index (χ4n) is 3.19. The van der Waals surface area contributed by atoms with Crippen molar-refractivity contribution in [1.82, 2.24) is 5.32 Å². The fraction of sp³-hybridized carbons (Fsp3) is 0.368. The molecule has 0 bridgehead atoms. The molecule has 2 nitrogen and oxygen atoms in total. The van der Waals surface area contributed by atoms with Gasteiger partial charge in [0.25, 0.3) is 0 Å². The van der Waals surface area contributed by atoms with Gasteiger partial charge in [-0.3, -0.25) is 0 Å². The van der Waals surface area contributed by atoms with Crippen molar-refractivity contribution in [3.63, 3.8) is 0 Å². The Kier molecular flexibility index (Phi) is 4.26. The van der Waals surface area contributed by atoms with Gasteiger partial charge in [-0.15, -0.1) is 0 Å². The van der Waals surface area contributed by atoms with Gasteiger partial charge in [0.15, 0.2) is 0 Å².